The second-order valence-electron chi connectivity index (χ2n) is 3.08. The largest absolute Gasteiger partial charge is 0.396 e. The fourth-order valence-corrected chi connectivity index (χ4v) is 1.32. The first kappa shape index (κ1) is 11.6. The van der Waals surface area contributed by atoms with E-state index in [1.54, 1.807) is 6.20 Å². The second-order valence-corrected chi connectivity index (χ2v) is 3.99. The molecule has 0 atom stereocenters. The van der Waals surface area contributed by atoms with Gasteiger partial charge in [-0.3, -0.25) is 4.98 Å². The van der Waals surface area contributed by atoms with Crippen LogP contribution in [-0.4, -0.2) is 23.2 Å². The molecule has 0 aliphatic heterocycles. The van der Waals surface area contributed by atoms with Crippen molar-refractivity contribution in [2.75, 3.05) is 13.2 Å². The minimum Gasteiger partial charge on any atom is -0.396 e. The van der Waals surface area contributed by atoms with Gasteiger partial charge in [0.2, 0.25) is 0 Å². The van der Waals surface area contributed by atoms with E-state index < -0.39 is 0 Å². The lowest BCUT2D eigenvalue weighted by atomic mass is 10.3. The zero-order valence-electron chi connectivity index (χ0n) is 8.04. The molecule has 78 valence electrons. The van der Waals surface area contributed by atoms with Crippen molar-refractivity contribution in [3.8, 4) is 0 Å². The summed E-state index contributed by atoms with van der Waals surface area (Å²) in [6, 6.07) is 3.97. The number of unbranched alkanes of at least 4 members (excludes halogenated alkanes) is 1. The molecule has 14 heavy (non-hydrogen) atoms. The molecule has 0 aromatic carbocycles. The van der Waals surface area contributed by atoms with Gasteiger partial charge in [0, 0.05) is 23.8 Å². The normalized spacial score (nSPS) is 10.4. The molecule has 0 bridgehead atoms. The number of rotatable bonds is 6. The van der Waals surface area contributed by atoms with Crippen LogP contribution in [0.1, 0.15) is 18.5 Å². The first-order valence-corrected chi connectivity index (χ1v) is 5.54. The summed E-state index contributed by atoms with van der Waals surface area (Å²) in [6.45, 7) is 2.00. The lowest BCUT2D eigenvalue weighted by molar-refractivity contribution is 0.283. The first-order valence-electron chi connectivity index (χ1n) is 4.75. The lowest BCUT2D eigenvalue weighted by Gasteiger charge is -2.03. The highest BCUT2D eigenvalue weighted by molar-refractivity contribution is 9.10. The molecule has 0 saturated carbocycles. The average Bonchev–Trinajstić information content (AvgIpc) is 2.21. The number of aliphatic hydroxyl groups is 1. The predicted octanol–water partition coefficient (Wildman–Crippen LogP) is 1.71. The van der Waals surface area contributed by atoms with Gasteiger partial charge in [-0.15, -0.1) is 0 Å². The third-order valence-corrected chi connectivity index (χ3v) is 2.33. The van der Waals surface area contributed by atoms with Gasteiger partial charge < -0.3 is 10.4 Å². The van der Waals surface area contributed by atoms with Crippen molar-refractivity contribution in [2.45, 2.75) is 19.4 Å². The topological polar surface area (TPSA) is 45.1 Å². The van der Waals surface area contributed by atoms with Crippen LogP contribution in [0.3, 0.4) is 0 Å². The molecule has 4 heteroatoms. The number of nitrogens with zero attached hydrogens (tertiary/aromatic N) is 1. The van der Waals surface area contributed by atoms with Crippen LogP contribution in [0, 0.1) is 0 Å². The van der Waals surface area contributed by atoms with E-state index in [0.29, 0.717) is 0 Å². The summed E-state index contributed by atoms with van der Waals surface area (Å²) in [5.74, 6) is 0. The van der Waals surface area contributed by atoms with Crippen LogP contribution in [-0.2, 0) is 6.54 Å². The molecular formula is C10H15BrN2O. The first-order chi connectivity index (χ1) is 6.83. The molecular weight excluding hydrogens is 244 g/mol. The van der Waals surface area contributed by atoms with Gasteiger partial charge in [-0.05, 0) is 47.4 Å². The van der Waals surface area contributed by atoms with E-state index in [4.69, 9.17) is 5.11 Å². The molecule has 1 aromatic rings. The third-order valence-electron chi connectivity index (χ3n) is 1.86. The second kappa shape index (κ2) is 6.92. The van der Waals surface area contributed by atoms with Gasteiger partial charge in [0.05, 0.1) is 5.69 Å². The summed E-state index contributed by atoms with van der Waals surface area (Å²) in [6.07, 6.45) is 3.67. The van der Waals surface area contributed by atoms with Crippen molar-refractivity contribution in [3.05, 3.63) is 28.5 Å². The Morgan fingerprint density at radius 1 is 1.36 bits per heavy atom. The Labute approximate surface area is 92.7 Å². The monoisotopic (exact) mass is 258 g/mol. The van der Waals surface area contributed by atoms with Crippen molar-refractivity contribution >= 4 is 15.9 Å². The van der Waals surface area contributed by atoms with Gasteiger partial charge in [0.25, 0.3) is 0 Å². The highest BCUT2D eigenvalue weighted by Crippen LogP contribution is 2.06. The lowest BCUT2D eigenvalue weighted by Crippen LogP contribution is -2.15. The number of hydrogen-bond donors (Lipinski definition) is 2. The molecule has 1 rings (SSSR count). The number of hydrogen-bond acceptors (Lipinski definition) is 3. The van der Waals surface area contributed by atoms with Crippen molar-refractivity contribution in [1.82, 2.24) is 10.3 Å². The molecule has 0 aliphatic rings. The van der Waals surface area contributed by atoms with E-state index in [-0.39, 0.29) is 6.61 Å². The molecule has 0 radical (unpaired) electrons. The quantitative estimate of drug-likeness (QED) is 0.764. The van der Waals surface area contributed by atoms with Crippen LogP contribution in [0.15, 0.2) is 22.8 Å². The molecule has 1 aromatic heterocycles. The Morgan fingerprint density at radius 3 is 2.86 bits per heavy atom. The molecule has 3 nitrogen and oxygen atoms in total. The van der Waals surface area contributed by atoms with Gasteiger partial charge in [-0.25, -0.2) is 0 Å². The number of nitrogens with one attached hydrogen (secondary N) is 1. The summed E-state index contributed by atoms with van der Waals surface area (Å²) in [5.41, 5.74) is 1.04. The standard InChI is InChI=1S/C10H15BrN2O/c11-9-3-4-10(13-7-9)8-12-5-1-2-6-14/h3-4,7,12,14H,1-2,5-6,8H2. The molecule has 0 fully saturated rings. The van der Waals surface area contributed by atoms with Crippen LogP contribution >= 0.6 is 15.9 Å². The zero-order valence-corrected chi connectivity index (χ0v) is 9.63. The minimum absolute atomic E-state index is 0.276. The fraction of sp³-hybridized carbons (Fsp3) is 0.500. The average molecular weight is 259 g/mol. The van der Waals surface area contributed by atoms with Crippen LogP contribution in [0.2, 0.25) is 0 Å². The maximum atomic E-state index is 8.57. The van der Waals surface area contributed by atoms with Crippen LogP contribution in [0.4, 0.5) is 0 Å². The maximum Gasteiger partial charge on any atom is 0.0542 e. The van der Waals surface area contributed by atoms with Crippen LogP contribution in [0.25, 0.3) is 0 Å². The predicted molar refractivity (Wildman–Crippen MR) is 60.0 cm³/mol. The third kappa shape index (κ3) is 4.69. The summed E-state index contributed by atoms with van der Waals surface area (Å²) >= 11 is 3.34. The Bertz CT molecular complexity index is 251. The Hall–Kier alpha value is -0.450. The maximum absolute atomic E-state index is 8.57. The van der Waals surface area contributed by atoms with Gasteiger partial charge in [-0.2, -0.15) is 0 Å². The summed E-state index contributed by atoms with van der Waals surface area (Å²) < 4.78 is 1.00. The van der Waals surface area contributed by atoms with Crippen LogP contribution < -0.4 is 5.32 Å². The molecule has 0 unspecified atom stereocenters. The smallest absolute Gasteiger partial charge is 0.0542 e. The number of aliphatic hydroxyl groups excluding tert-OH is 1. The van der Waals surface area contributed by atoms with Crippen molar-refractivity contribution in [1.29, 1.82) is 0 Å². The van der Waals surface area contributed by atoms with Gasteiger partial charge in [-0.1, -0.05) is 0 Å². The highest BCUT2D eigenvalue weighted by atomic mass is 79.9. The molecule has 0 amide bonds. The van der Waals surface area contributed by atoms with Crippen molar-refractivity contribution in [3.63, 3.8) is 0 Å². The summed E-state index contributed by atoms with van der Waals surface area (Å²) in [5, 5.41) is 11.8. The van der Waals surface area contributed by atoms with Crippen molar-refractivity contribution in [2.24, 2.45) is 0 Å². The summed E-state index contributed by atoms with van der Waals surface area (Å²) in [7, 11) is 0. The summed E-state index contributed by atoms with van der Waals surface area (Å²) in [4.78, 5) is 4.24. The molecule has 0 aliphatic carbocycles. The van der Waals surface area contributed by atoms with E-state index in [0.717, 1.165) is 36.1 Å². The van der Waals surface area contributed by atoms with Gasteiger partial charge in [0.1, 0.15) is 0 Å². The fourth-order valence-electron chi connectivity index (χ4n) is 1.09. The highest BCUT2D eigenvalue weighted by Gasteiger charge is 1.93. The van der Waals surface area contributed by atoms with E-state index in [9.17, 15) is 0 Å². The molecule has 2 N–H and O–H groups in total. The van der Waals surface area contributed by atoms with E-state index in [2.05, 4.69) is 26.2 Å². The zero-order chi connectivity index (χ0) is 10.2. The molecule has 1 heterocycles. The van der Waals surface area contributed by atoms with Crippen LogP contribution in [0.5, 0.6) is 0 Å². The van der Waals surface area contributed by atoms with E-state index >= 15 is 0 Å². The van der Waals surface area contributed by atoms with E-state index in [1.807, 2.05) is 12.1 Å². The number of halogens is 1. The minimum atomic E-state index is 0.276. The van der Waals surface area contributed by atoms with Gasteiger partial charge in [0.15, 0.2) is 0 Å². The number of aromatic nitrogens is 1. The Morgan fingerprint density at radius 2 is 2.21 bits per heavy atom. The Balaban J connectivity index is 2.15. The number of pyridine rings is 1. The van der Waals surface area contributed by atoms with E-state index in [1.165, 1.54) is 0 Å². The van der Waals surface area contributed by atoms with Crippen molar-refractivity contribution < 1.29 is 5.11 Å². The SMILES string of the molecule is OCCCCNCc1ccc(Br)cn1. The van der Waals surface area contributed by atoms with Gasteiger partial charge >= 0.3 is 0 Å². The molecule has 0 spiro atoms. The molecule has 0 saturated heterocycles. The Kier molecular flexibility index (Phi) is 5.75.